The lowest BCUT2D eigenvalue weighted by atomic mass is 10.1. The molecule has 0 spiro atoms. The minimum absolute atomic E-state index is 0.0376. The van der Waals surface area contributed by atoms with Gasteiger partial charge < -0.3 is 19.4 Å². The number of ether oxygens (including phenoxy) is 1. The van der Waals surface area contributed by atoms with E-state index in [-0.39, 0.29) is 36.4 Å². The molecule has 2 atom stereocenters. The number of halogens is 3. The highest BCUT2D eigenvalue weighted by molar-refractivity contribution is 6.00. The van der Waals surface area contributed by atoms with Crippen LogP contribution in [0.5, 0.6) is 0 Å². The summed E-state index contributed by atoms with van der Waals surface area (Å²) in [5.74, 6) is -1.23. The van der Waals surface area contributed by atoms with Gasteiger partial charge in [0, 0.05) is 51.4 Å². The quantitative estimate of drug-likeness (QED) is 0.722. The van der Waals surface area contributed by atoms with E-state index in [9.17, 15) is 27.6 Å². The molecule has 10 heteroatoms. The minimum Gasteiger partial charge on any atom is -0.368 e. The molecule has 0 N–H and O–H groups in total. The van der Waals surface area contributed by atoms with Crippen molar-refractivity contribution in [3.63, 3.8) is 0 Å². The Balaban J connectivity index is 1.35. The number of nitrogens with zero attached hydrogens (tertiary/aromatic N) is 3. The first kappa shape index (κ1) is 21.6. The summed E-state index contributed by atoms with van der Waals surface area (Å²) < 4.78 is 44.4. The van der Waals surface area contributed by atoms with Gasteiger partial charge in [0.2, 0.25) is 11.8 Å². The van der Waals surface area contributed by atoms with Gasteiger partial charge >= 0.3 is 6.18 Å². The Morgan fingerprint density at radius 2 is 1.71 bits per heavy atom. The van der Waals surface area contributed by atoms with E-state index in [4.69, 9.17) is 4.74 Å². The van der Waals surface area contributed by atoms with Crippen LogP contribution in [0.15, 0.2) is 24.3 Å². The van der Waals surface area contributed by atoms with Crippen molar-refractivity contribution < 1.29 is 32.3 Å². The number of carbonyl (C=O) groups is 3. The van der Waals surface area contributed by atoms with Crippen molar-refractivity contribution in [1.82, 2.24) is 9.80 Å². The van der Waals surface area contributed by atoms with Crippen molar-refractivity contribution in [2.45, 2.75) is 31.5 Å². The smallest absolute Gasteiger partial charge is 0.368 e. The zero-order valence-electron chi connectivity index (χ0n) is 16.9. The van der Waals surface area contributed by atoms with Gasteiger partial charge in [-0.2, -0.15) is 13.2 Å². The van der Waals surface area contributed by atoms with Crippen LogP contribution in [0.3, 0.4) is 0 Å². The van der Waals surface area contributed by atoms with Crippen LogP contribution in [0.1, 0.15) is 24.8 Å². The Labute approximate surface area is 177 Å². The van der Waals surface area contributed by atoms with E-state index in [0.29, 0.717) is 39.2 Å². The number of piperazine rings is 1. The zero-order valence-corrected chi connectivity index (χ0v) is 16.9. The summed E-state index contributed by atoms with van der Waals surface area (Å²) in [7, 11) is 0. The maximum Gasteiger partial charge on any atom is 0.416 e. The second kappa shape index (κ2) is 8.49. The van der Waals surface area contributed by atoms with Crippen LogP contribution in [-0.4, -0.2) is 73.0 Å². The SMILES string of the molecule is O=C([C@@H]1CC(=O)N(c2cccc(C(F)(F)F)c2)C1)N1CCN(C(=O)[C@H]2CCCO2)CC1. The lowest BCUT2D eigenvalue weighted by molar-refractivity contribution is -0.147. The molecule has 4 rings (SSSR count). The first-order valence-corrected chi connectivity index (χ1v) is 10.4. The molecule has 3 heterocycles. The summed E-state index contributed by atoms with van der Waals surface area (Å²) in [5, 5.41) is 0. The molecule has 3 aliphatic heterocycles. The Hall–Kier alpha value is -2.62. The van der Waals surface area contributed by atoms with Crippen molar-refractivity contribution in [3.05, 3.63) is 29.8 Å². The van der Waals surface area contributed by atoms with E-state index in [0.717, 1.165) is 18.6 Å². The molecule has 3 saturated heterocycles. The molecule has 7 nitrogen and oxygen atoms in total. The maximum atomic E-state index is 13.0. The average molecular weight is 439 g/mol. The third-order valence-corrected chi connectivity index (χ3v) is 6.07. The third kappa shape index (κ3) is 4.53. The van der Waals surface area contributed by atoms with Crippen LogP contribution in [-0.2, 0) is 25.3 Å². The van der Waals surface area contributed by atoms with Crippen molar-refractivity contribution in [2.75, 3.05) is 44.2 Å². The lowest BCUT2D eigenvalue weighted by Gasteiger charge is -2.36. The standard InChI is InChI=1S/C21H24F3N3O4/c22-21(23,24)15-3-1-4-16(12-15)27-13-14(11-18(27)28)19(29)25-6-8-26(9-7-25)20(30)17-5-2-10-31-17/h1,3-4,12,14,17H,2,5-11,13H2/t14-,17-/m1/s1. The summed E-state index contributed by atoms with van der Waals surface area (Å²) >= 11 is 0. The number of hydrogen-bond donors (Lipinski definition) is 0. The van der Waals surface area contributed by atoms with E-state index in [2.05, 4.69) is 0 Å². The van der Waals surface area contributed by atoms with Crippen molar-refractivity contribution >= 4 is 23.4 Å². The summed E-state index contributed by atoms with van der Waals surface area (Å²) in [5.41, 5.74) is -0.693. The highest BCUT2D eigenvalue weighted by Gasteiger charge is 2.40. The van der Waals surface area contributed by atoms with Crippen molar-refractivity contribution in [1.29, 1.82) is 0 Å². The van der Waals surface area contributed by atoms with Gasteiger partial charge in [-0.15, -0.1) is 0 Å². The average Bonchev–Trinajstić information content (AvgIpc) is 3.42. The number of rotatable bonds is 3. The Morgan fingerprint density at radius 1 is 1.03 bits per heavy atom. The molecule has 1 aromatic rings. The number of alkyl halides is 3. The van der Waals surface area contributed by atoms with Crippen molar-refractivity contribution in [3.8, 4) is 0 Å². The second-order valence-corrected chi connectivity index (χ2v) is 8.11. The van der Waals surface area contributed by atoms with Crippen molar-refractivity contribution in [2.24, 2.45) is 5.92 Å². The molecule has 0 aromatic heterocycles. The number of carbonyl (C=O) groups excluding carboxylic acids is 3. The predicted molar refractivity (Wildman–Crippen MR) is 104 cm³/mol. The first-order valence-electron chi connectivity index (χ1n) is 10.4. The number of hydrogen-bond acceptors (Lipinski definition) is 4. The van der Waals surface area contributed by atoms with Crippen LogP contribution >= 0.6 is 0 Å². The summed E-state index contributed by atoms with van der Waals surface area (Å²) in [6.45, 7) is 2.18. The zero-order chi connectivity index (χ0) is 22.2. The minimum atomic E-state index is -4.51. The van der Waals surface area contributed by atoms with Gasteiger partial charge in [0.05, 0.1) is 11.5 Å². The van der Waals surface area contributed by atoms with Gasteiger partial charge in [-0.3, -0.25) is 14.4 Å². The van der Waals surface area contributed by atoms with Crippen LogP contribution in [0.4, 0.5) is 18.9 Å². The molecule has 3 aliphatic rings. The van der Waals surface area contributed by atoms with Gasteiger partial charge in [-0.1, -0.05) is 6.07 Å². The fourth-order valence-corrected chi connectivity index (χ4v) is 4.35. The molecule has 168 valence electrons. The van der Waals surface area contributed by atoms with Crippen LogP contribution in [0.2, 0.25) is 0 Å². The summed E-state index contributed by atoms with van der Waals surface area (Å²) in [4.78, 5) is 42.4. The maximum absolute atomic E-state index is 13.0. The molecule has 1 aromatic carbocycles. The van der Waals surface area contributed by atoms with E-state index in [1.54, 1.807) is 9.80 Å². The first-order chi connectivity index (χ1) is 14.7. The van der Waals surface area contributed by atoms with Gasteiger partial charge in [-0.25, -0.2) is 0 Å². The summed E-state index contributed by atoms with van der Waals surface area (Å²) in [6.07, 6.45) is -3.35. The predicted octanol–water partition coefficient (Wildman–Crippen LogP) is 1.91. The van der Waals surface area contributed by atoms with Crippen LogP contribution < -0.4 is 4.90 Å². The van der Waals surface area contributed by atoms with Gasteiger partial charge in [0.1, 0.15) is 6.10 Å². The monoisotopic (exact) mass is 439 g/mol. The molecule has 0 saturated carbocycles. The summed E-state index contributed by atoms with van der Waals surface area (Å²) in [6, 6.07) is 4.57. The fraction of sp³-hybridized carbons (Fsp3) is 0.571. The Bertz CT molecular complexity index is 862. The van der Waals surface area contributed by atoms with E-state index in [1.165, 1.54) is 17.0 Å². The van der Waals surface area contributed by atoms with E-state index in [1.807, 2.05) is 0 Å². The molecule has 3 fully saturated rings. The lowest BCUT2D eigenvalue weighted by Crippen LogP contribution is -2.54. The molecular weight excluding hydrogens is 415 g/mol. The molecule has 0 aliphatic carbocycles. The molecule has 0 bridgehead atoms. The second-order valence-electron chi connectivity index (χ2n) is 8.11. The third-order valence-electron chi connectivity index (χ3n) is 6.07. The Kier molecular flexibility index (Phi) is 5.92. The number of anilines is 1. The largest absolute Gasteiger partial charge is 0.416 e. The van der Waals surface area contributed by atoms with E-state index < -0.39 is 23.8 Å². The highest BCUT2D eigenvalue weighted by atomic mass is 19.4. The number of amides is 3. The molecule has 0 unspecified atom stereocenters. The van der Waals surface area contributed by atoms with Gasteiger partial charge in [-0.05, 0) is 31.0 Å². The molecule has 3 amide bonds. The molecular formula is C21H24F3N3O4. The molecule has 0 radical (unpaired) electrons. The Morgan fingerprint density at radius 3 is 2.32 bits per heavy atom. The van der Waals surface area contributed by atoms with Gasteiger partial charge in [0.15, 0.2) is 0 Å². The fourth-order valence-electron chi connectivity index (χ4n) is 4.35. The van der Waals surface area contributed by atoms with E-state index >= 15 is 0 Å². The van der Waals surface area contributed by atoms with Crippen LogP contribution in [0, 0.1) is 5.92 Å². The number of benzene rings is 1. The topological polar surface area (TPSA) is 70.2 Å². The van der Waals surface area contributed by atoms with Gasteiger partial charge in [0.25, 0.3) is 5.91 Å². The normalized spacial score (nSPS) is 24.7. The highest BCUT2D eigenvalue weighted by Crippen LogP contribution is 2.33. The molecule has 31 heavy (non-hydrogen) atoms. The van der Waals surface area contributed by atoms with Crippen LogP contribution in [0.25, 0.3) is 0 Å².